The maximum absolute atomic E-state index is 13.7. The summed E-state index contributed by atoms with van der Waals surface area (Å²) in [5, 5.41) is 0.440. The first-order valence-corrected chi connectivity index (χ1v) is 12.9. The van der Waals surface area contributed by atoms with Crippen LogP contribution in [-0.2, 0) is 16.2 Å². The number of alkyl halides is 3. The van der Waals surface area contributed by atoms with Crippen LogP contribution in [0, 0.1) is 0 Å². The molecular weight excluding hydrogens is 525 g/mol. The van der Waals surface area contributed by atoms with Gasteiger partial charge in [-0.25, -0.2) is 23.1 Å². The molecule has 11 heteroatoms. The molecule has 0 saturated heterocycles. The van der Waals surface area contributed by atoms with Gasteiger partial charge in [0.2, 0.25) is 10.0 Å². The molecule has 0 atom stereocenters. The Morgan fingerprint density at radius 3 is 2.16 bits per heavy atom. The zero-order valence-electron chi connectivity index (χ0n) is 20.0. The van der Waals surface area contributed by atoms with Gasteiger partial charge < -0.3 is 0 Å². The van der Waals surface area contributed by atoms with Gasteiger partial charge in [0.1, 0.15) is 5.69 Å². The lowest BCUT2D eigenvalue weighted by molar-refractivity contribution is -0.141. The van der Waals surface area contributed by atoms with Crippen molar-refractivity contribution in [3.63, 3.8) is 0 Å². The summed E-state index contributed by atoms with van der Waals surface area (Å²) in [4.78, 5) is 12.4. The first kappa shape index (κ1) is 26.7. The predicted molar refractivity (Wildman–Crippen MR) is 136 cm³/mol. The molecular formula is C26H22ClF3N4O2S. The molecule has 0 radical (unpaired) electrons. The van der Waals surface area contributed by atoms with Crippen LogP contribution in [0.1, 0.15) is 26.5 Å². The Morgan fingerprint density at radius 1 is 0.811 bits per heavy atom. The van der Waals surface area contributed by atoms with Crippen molar-refractivity contribution < 1.29 is 21.6 Å². The van der Waals surface area contributed by atoms with Gasteiger partial charge in [-0.1, -0.05) is 35.9 Å². The summed E-state index contributed by atoms with van der Waals surface area (Å²) >= 11 is 5.92. The molecule has 0 bridgehead atoms. The summed E-state index contributed by atoms with van der Waals surface area (Å²) in [5.74, 6) is -0.151. The number of benzene rings is 2. The lowest BCUT2D eigenvalue weighted by Gasteiger charge is -2.20. The van der Waals surface area contributed by atoms with Gasteiger partial charge in [0.25, 0.3) is 0 Å². The predicted octanol–water partition coefficient (Wildman–Crippen LogP) is 6.62. The Balaban J connectivity index is 1.79. The molecule has 0 aliphatic heterocycles. The maximum Gasteiger partial charge on any atom is 0.433 e. The number of rotatable bonds is 5. The van der Waals surface area contributed by atoms with Crippen LogP contribution in [0.5, 0.6) is 0 Å². The number of nitrogens with zero attached hydrogens (tertiary/aromatic N) is 3. The number of aromatic nitrogens is 3. The van der Waals surface area contributed by atoms with E-state index in [9.17, 15) is 21.6 Å². The van der Waals surface area contributed by atoms with Crippen LogP contribution in [0.25, 0.3) is 33.9 Å². The molecule has 4 rings (SSSR count). The first-order valence-electron chi connectivity index (χ1n) is 11.0. The average molecular weight is 547 g/mol. The number of pyridine rings is 1. The molecule has 0 spiro atoms. The lowest BCUT2D eigenvalue weighted by atomic mass is 10.1. The Labute approximate surface area is 217 Å². The van der Waals surface area contributed by atoms with E-state index in [1.165, 1.54) is 30.5 Å². The molecule has 2 aromatic carbocycles. The van der Waals surface area contributed by atoms with Gasteiger partial charge >= 0.3 is 6.18 Å². The third-order valence-corrected chi connectivity index (χ3v) is 7.06. The summed E-state index contributed by atoms with van der Waals surface area (Å²) in [6.45, 7) is 5.19. The second-order valence-electron chi connectivity index (χ2n) is 9.28. The molecule has 6 nitrogen and oxygen atoms in total. The molecule has 0 amide bonds. The minimum atomic E-state index is -4.70. The van der Waals surface area contributed by atoms with Crippen molar-refractivity contribution in [1.82, 2.24) is 19.7 Å². The second kappa shape index (κ2) is 9.85. The highest BCUT2D eigenvalue weighted by molar-refractivity contribution is 7.89. The van der Waals surface area contributed by atoms with Crippen LogP contribution in [0.15, 0.2) is 77.8 Å². The minimum absolute atomic E-state index is 0.0347. The van der Waals surface area contributed by atoms with Gasteiger partial charge in [0, 0.05) is 33.4 Å². The van der Waals surface area contributed by atoms with Crippen molar-refractivity contribution in [1.29, 1.82) is 0 Å². The zero-order valence-corrected chi connectivity index (χ0v) is 21.6. The fraction of sp³-hybridized carbons (Fsp3) is 0.192. The number of hydrogen-bond donors (Lipinski definition) is 1. The first-order chi connectivity index (χ1) is 17.2. The summed E-state index contributed by atoms with van der Waals surface area (Å²) in [7, 11) is -3.81. The Morgan fingerprint density at radius 2 is 1.51 bits per heavy atom. The van der Waals surface area contributed by atoms with E-state index < -0.39 is 27.4 Å². The van der Waals surface area contributed by atoms with Crippen LogP contribution in [0.4, 0.5) is 13.2 Å². The van der Waals surface area contributed by atoms with Gasteiger partial charge in [-0.3, -0.25) is 4.98 Å². The van der Waals surface area contributed by atoms with Crippen LogP contribution >= 0.6 is 11.6 Å². The third-order valence-electron chi connectivity index (χ3n) is 5.06. The van der Waals surface area contributed by atoms with E-state index in [1.54, 1.807) is 57.2 Å². The van der Waals surface area contributed by atoms with E-state index in [2.05, 4.69) is 19.7 Å². The van der Waals surface area contributed by atoms with E-state index >= 15 is 0 Å². The number of sulfonamides is 1. The fourth-order valence-electron chi connectivity index (χ4n) is 3.50. The number of nitrogens with one attached hydrogen (secondary N) is 1. The Hall–Kier alpha value is -3.34. The van der Waals surface area contributed by atoms with E-state index in [-0.39, 0.29) is 22.0 Å². The van der Waals surface area contributed by atoms with Crippen molar-refractivity contribution >= 4 is 21.6 Å². The van der Waals surface area contributed by atoms with Gasteiger partial charge in [0.05, 0.1) is 16.3 Å². The van der Waals surface area contributed by atoms with Crippen molar-refractivity contribution in [2.45, 2.75) is 37.4 Å². The highest BCUT2D eigenvalue weighted by atomic mass is 35.5. The second-order valence-corrected chi connectivity index (χ2v) is 11.4. The molecule has 4 aromatic rings. The van der Waals surface area contributed by atoms with Crippen molar-refractivity contribution in [2.24, 2.45) is 0 Å². The summed E-state index contributed by atoms with van der Waals surface area (Å²) in [6, 6.07) is 16.3. The number of hydrogen-bond acceptors (Lipinski definition) is 5. The van der Waals surface area contributed by atoms with Gasteiger partial charge in [-0.15, -0.1) is 0 Å². The van der Waals surface area contributed by atoms with Crippen molar-refractivity contribution in [2.75, 3.05) is 0 Å². The molecule has 37 heavy (non-hydrogen) atoms. The molecule has 192 valence electrons. The molecule has 0 aliphatic rings. The SMILES string of the molecule is CC(C)(C)NS(=O)(=O)c1cccc(-c2cc(-c3nc(-c4ccc(Cl)cc4)cc(C(F)(F)F)n3)ccn2)c1. The quantitative estimate of drug-likeness (QED) is 0.304. The summed E-state index contributed by atoms with van der Waals surface area (Å²) < 4.78 is 69.2. The molecule has 0 saturated carbocycles. The van der Waals surface area contributed by atoms with Crippen molar-refractivity contribution in [3.05, 3.63) is 83.6 Å². The molecule has 2 heterocycles. The van der Waals surface area contributed by atoms with E-state index in [4.69, 9.17) is 11.6 Å². The van der Waals surface area contributed by atoms with Gasteiger partial charge in [-0.2, -0.15) is 13.2 Å². The molecule has 1 N–H and O–H groups in total. The number of halogens is 4. The third kappa shape index (κ3) is 6.51. The maximum atomic E-state index is 13.7. The normalized spacial score (nSPS) is 12.5. The van der Waals surface area contributed by atoms with Crippen molar-refractivity contribution in [3.8, 4) is 33.9 Å². The van der Waals surface area contributed by atoms with E-state index in [0.717, 1.165) is 6.07 Å². The highest BCUT2D eigenvalue weighted by Gasteiger charge is 2.34. The lowest BCUT2D eigenvalue weighted by Crippen LogP contribution is -2.40. The average Bonchev–Trinajstić information content (AvgIpc) is 2.82. The van der Waals surface area contributed by atoms with Crippen LogP contribution in [0.3, 0.4) is 0 Å². The topological polar surface area (TPSA) is 84.8 Å². The Bertz CT molecular complexity index is 1550. The highest BCUT2D eigenvalue weighted by Crippen LogP contribution is 2.33. The van der Waals surface area contributed by atoms with Crippen LogP contribution in [0.2, 0.25) is 5.02 Å². The molecule has 0 aliphatic carbocycles. The monoisotopic (exact) mass is 546 g/mol. The van der Waals surface area contributed by atoms with Crippen LogP contribution in [-0.4, -0.2) is 28.9 Å². The largest absolute Gasteiger partial charge is 0.433 e. The van der Waals surface area contributed by atoms with E-state index in [1.807, 2.05) is 0 Å². The van der Waals surface area contributed by atoms with E-state index in [0.29, 0.717) is 21.8 Å². The van der Waals surface area contributed by atoms with Gasteiger partial charge in [0.15, 0.2) is 5.82 Å². The molecule has 2 aromatic heterocycles. The Kier molecular flexibility index (Phi) is 7.11. The molecule has 0 unspecified atom stereocenters. The standard InChI is InChI=1S/C26H22ClF3N4O2S/c1-25(2,3)34-37(35,36)20-6-4-5-17(13-20)21-14-18(11-12-31-21)24-32-22(15-23(33-24)26(28,29)30)16-7-9-19(27)10-8-16/h4-15,34H,1-3H3. The zero-order chi connectivity index (χ0) is 27.0. The fourth-order valence-corrected chi connectivity index (χ4v) is 5.09. The summed E-state index contributed by atoms with van der Waals surface area (Å²) in [5.41, 5.74) is -0.168. The van der Waals surface area contributed by atoms with Crippen LogP contribution < -0.4 is 4.72 Å². The molecule has 0 fully saturated rings. The minimum Gasteiger partial charge on any atom is -0.256 e. The summed E-state index contributed by atoms with van der Waals surface area (Å²) in [6.07, 6.45) is -3.29. The smallest absolute Gasteiger partial charge is 0.256 e. The van der Waals surface area contributed by atoms with Gasteiger partial charge in [-0.05, 0) is 63.2 Å².